The van der Waals surface area contributed by atoms with Gasteiger partial charge in [-0.1, -0.05) is 41.9 Å². The molecule has 0 fully saturated rings. The van der Waals surface area contributed by atoms with Gasteiger partial charge < -0.3 is 9.73 Å². The third-order valence-corrected chi connectivity index (χ3v) is 3.67. The molecular weight excluding hydrogens is 331 g/mol. The molecule has 3 rings (SSSR count). The zero-order valence-electron chi connectivity index (χ0n) is 12.6. The predicted octanol–water partition coefficient (Wildman–Crippen LogP) is 4.71. The number of nitrogens with one attached hydrogen (secondary N) is 1. The maximum absolute atomic E-state index is 13.1. The van der Waals surface area contributed by atoms with Gasteiger partial charge >= 0.3 is 0 Å². The number of carbonyl (C=O) groups is 1. The largest absolute Gasteiger partial charge is 0.441 e. The second-order valence-electron chi connectivity index (χ2n) is 5.16. The van der Waals surface area contributed by atoms with Crippen molar-refractivity contribution in [2.75, 3.05) is 5.32 Å². The molecule has 0 saturated heterocycles. The third-order valence-electron chi connectivity index (χ3n) is 3.38. The van der Waals surface area contributed by atoms with Crippen molar-refractivity contribution in [3.8, 4) is 11.3 Å². The fraction of sp³-hybridized carbons (Fsp3) is 0.111. The number of benzene rings is 2. The molecule has 1 amide bonds. The van der Waals surface area contributed by atoms with Crippen LogP contribution in [0.5, 0.6) is 0 Å². The predicted molar refractivity (Wildman–Crippen MR) is 90.3 cm³/mol. The van der Waals surface area contributed by atoms with Gasteiger partial charge in [-0.3, -0.25) is 4.79 Å². The van der Waals surface area contributed by atoms with Crippen LogP contribution in [0.4, 0.5) is 10.1 Å². The molecule has 4 nitrogen and oxygen atoms in total. The summed E-state index contributed by atoms with van der Waals surface area (Å²) < 4.78 is 18.7. The van der Waals surface area contributed by atoms with Crippen LogP contribution >= 0.6 is 11.6 Å². The summed E-state index contributed by atoms with van der Waals surface area (Å²) in [6, 6.07) is 13.6. The maximum Gasteiger partial charge on any atom is 0.224 e. The molecule has 1 aromatic heterocycles. The Balaban J connectivity index is 1.56. The second kappa shape index (κ2) is 7.27. The molecule has 0 aliphatic rings. The molecule has 0 unspecified atom stereocenters. The molecule has 1 N–H and O–H groups in total. The van der Waals surface area contributed by atoms with Gasteiger partial charge in [0, 0.05) is 24.1 Å². The SMILES string of the molecule is O=C(CCc1ncc(-c2ccccc2)o1)Nc1ccc(F)c(Cl)c1. The first-order chi connectivity index (χ1) is 11.6. The lowest BCUT2D eigenvalue weighted by molar-refractivity contribution is -0.116. The number of amides is 1. The van der Waals surface area contributed by atoms with E-state index in [1.54, 1.807) is 6.20 Å². The number of aryl methyl sites for hydroxylation is 1. The van der Waals surface area contributed by atoms with Crippen molar-refractivity contribution >= 4 is 23.2 Å². The van der Waals surface area contributed by atoms with E-state index in [4.69, 9.17) is 16.0 Å². The number of carbonyl (C=O) groups excluding carboxylic acids is 1. The van der Waals surface area contributed by atoms with E-state index in [-0.39, 0.29) is 17.4 Å². The van der Waals surface area contributed by atoms with Gasteiger partial charge in [-0.2, -0.15) is 0 Å². The monoisotopic (exact) mass is 344 g/mol. The highest BCUT2D eigenvalue weighted by Gasteiger charge is 2.10. The van der Waals surface area contributed by atoms with E-state index in [1.165, 1.54) is 18.2 Å². The average Bonchev–Trinajstić information content (AvgIpc) is 3.06. The van der Waals surface area contributed by atoms with Crippen molar-refractivity contribution < 1.29 is 13.6 Å². The van der Waals surface area contributed by atoms with Crippen LogP contribution in [0.15, 0.2) is 59.1 Å². The number of oxazole rings is 1. The Labute approximate surface area is 143 Å². The van der Waals surface area contributed by atoms with E-state index in [0.717, 1.165) is 5.56 Å². The van der Waals surface area contributed by atoms with Gasteiger partial charge in [0.1, 0.15) is 5.82 Å². The van der Waals surface area contributed by atoms with Crippen molar-refractivity contribution in [1.82, 2.24) is 4.98 Å². The minimum Gasteiger partial charge on any atom is -0.441 e. The van der Waals surface area contributed by atoms with Crippen molar-refractivity contribution in [1.29, 1.82) is 0 Å². The van der Waals surface area contributed by atoms with Crippen LogP contribution in [-0.2, 0) is 11.2 Å². The molecule has 2 aromatic carbocycles. The molecule has 6 heteroatoms. The molecule has 0 aliphatic carbocycles. The fourth-order valence-corrected chi connectivity index (χ4v) is 2.36. The van der Waals surface area contributed by atoms with Crippen molar-refractivity contribution in [2.24, 2.45) is 0 Å². The topological polar surface area (TPSA) is 55.1 Å². The number of halogens is 2. The van der Waals surface area contributed by atoms with E-state index >= 15 is 0 Å². The number of rotatable bonds is 5. The number of hydrogen-bond donors (Lipinski definition) is 1. The van der Waals surface area contributed by atoms with Crippen LogP contribution in [0.1, 0.15) is 12.3 Å². The van der Waals surface area contributed by atoms with E-state index < -0.39 is 5.82 Å². The number of aromatic nitrogens is 1. The van der Waals surface area contributed by atoms with Crippen molar-refractivity contribution in [2.45, 2.75) is 12.8 Å². The summed E-state index contributed by atoms with van der Waals surface area (Å²) >= 11 is 5.68. The van der Waals surface area contributed by atoms with Crippen LogP contribution in [0, 0.1) is 5.82 Å². The summed E-state index contributed by atoms with van der Waals surface area (Å²) in [5.41, 5.74) is 1.38. The Morgan fingerprint density at radius 2 is 2.00 bits per heavy atom. The summed E-state index contributed by atoms with van der Waals surface area (Å²) in [4.78, 5) is 16.1. The van der Waals surface area contributed by atoms with E-state index in [9.17, 15) is 9.18 Å². The lowest BCUT2D eigenvalue weighted by Gasteiger charge is -2.05. The summed E-state index contributed by atoms with van der Waals surface area (Å²) in [5, 5.41) is 2.62. The van der Waals surface area contributed by atoms with Crippen LogP contribution in [0.25, 0.3) is 11.3 Å². The van der Waals surface area contributed by atoms with Gasteiger partial charge in [-0.05, 0) is 18.2 Å². The van der Waals surface area contributed by atoms with Crippen LogP contribution in [0.2, 0.25) is 5.02 Å². The third kappa shape index (κ3) is 4.00. The standard InChI is InChI=1S/C18H14ClFN2O2/c19-14-10-13(6-7-15(14)20)22-17(23)8-9-18-21-11-16(24-18)12-4-2-1-3-5-12/h1-7,10-11H,8-9H2,(H,22,23). The first-order valence-corrected chi connectivity index (χ1v) is 7.74. The van der Waals surface area contributed by atoms with Crippen LogP contribution in [-0.4, -0.2) is 10.9 Å². The molecule has 0 bridgehead atoms. The Hall–Kier alpha value is -2.66. The molecule has 122 valence electrons. The molecule has 3 aromatic rings. The number of anilines is 1. The average molecular weight is 345 g/mol. The highest BCUT2D eigenvalue weighted by atomic mass is 35.5. The van der Waals surface area contributed by atoms with E-state index in [2.05, 4.69) is 10.3 Å². The summed E-state index contributed by atoms with van der Waals surface area (Å²) in [7, 11) is 0. The molecule has 0 spiro atoms. The highest BCUT2D eigenvalue weighted by Crippen LogP contribution is 2.21. The highest BCUT2D eigenvalue weighted by molar-refractivity contribution is 6.31. The zero-order valence-corrected chi connectivity index (χ0v) is 13.4. The van der Waals surface area contributed by atoms with Crippen LogP contribution < -0.4 is 5.32 Å². The van der Waals surface area contributed by atoms with Crippen molar-refractivity contribution in [3.63, 3.8) is 0 Å². The minimum atomic E-state index is -0.525. The molecule has 24 heavy (non-hydrogen) atoms. The van der Waals surface area contributed by atoms with Gasteiger partial charge in [0.15, 0.2) is 11.7 Å². The van der Waals surface area contributed by atoms with E-state index in [1.807, 2.05) is 30.3 Å². The second-order valence-corrected chi connectivity index (χ2v) is 5.57. The number of hydrogen-bond acceptors (Lipinski definition) is 3. The Bertz CT molecular complexity index is 849. The maximum atomic E-state index is 13.1. The van der Waals surface area contributed by atoms with Gasteiger partial charge in [-0.15, -0.1) is 0 Å². The normalized spacial score (nSPS) is 10.6. The fourth-order valence-electron chi connectivity index (χ4n) is 2.18. The Kier molecular flexibility index (Phi) is 4.91. The smallest absolute Gasteiger partial charge is 0.224 e. The van der Waals surface area contributed by atoms with Gasteiger partial charge in [0.25, 0.3) is 0 Å². The van der Waals surface area contributed by atoms with Gasteiger partial charge in [-0.25, -0.2) is 9.37 Å². The number of nitrogens with zero attached hydrogens (tertiary/aromatic N) is 1. The lowest BCUT2D eigenvalue weighted by Crippen LogP contribution is -2.12. The lowest BCUT2D eigenvalue weighted by atomic mass is 10.2. The molecule has 0 aliphatic heterocycles. The van der Waals surface area contributed by atoms with E-state index in [0.29, 0.717) is 23.8 Å². The van der Waals surface area contributed by atoms with Gasteiger partial charge in [0.2, 0.25) is 5.91 Å². The first-order valence-electron chi connectivity index (χ1n) is 7.37. The molecule has 0 radical (unpaired) electrons. The Morgan fingerprint density at radius 3 is 2.75 bits per heavy atom. The summed E-state index contributed by atoms with van der Waals surface area (Å²) in [6.07, 6.45) is 2.21. The van der Waals surface area contributed by atoms with Crippen molar-refractivity contribution in [3.05, 3.63) is 71.5 Å². The minimum absolute atomic E-state index is 0.0343. The quantitative estimate of drug-likeness (QED) is 0.729. The first kappa shape index (κ1) is 16.2. The van der Waals surface area contributed by atoms with Gasteiger partial charge in [0.05, 0.1) is 11.2 Å². The summed E-state index contributed by atoms with van der Waals surface area (Å²) in [5.74, 6) is 0.400. The Morgan fingerprint density at radius 1 is 1.21 bits per heavy atom. The molecular formula is C18H14ClFN2O2. The zero-order chi connectivity index (χ0) is 16.9. The molecule has 1 heterocycles. The summed E-state index contributed by atoms with van der Waals surface area (Å²) in [6.45, 7) is 0. The molecule has 0 atom stereocenters. The van der Waals surface area contributed by atoms with Crippen LogP contribution in [0.3, 0.4) is 0 Å². The molecule has 0 saturated carbocycles.